The third kappa shape index (κ3) is 3.74. The summed E-state index contributed by atoms with van der Waals surface area (Å²) in [6.45, 7) is 2.85. The van der Waals surface area contributed by atoms with E-state index < -0.39 is 0 Å². The molecule has 1 heterocycles. The van der Waals surface area contributed by atoms with Gasteiger partial charge in [0.25, 0.3) is 0 Å². The molecule has 5 heteroatoms. The lowest BCUT2D eigenvalue weighted by Gasteiger charge is -2.27. The molecular weight excluding hydrogens is 266 g/mol. The van der Waals surface area contributed by atoms with Gasteiger partial charge in [-0.2, -0.15) is 0 Å². The Morgan fingerprint density at radius 2 is 2.24 bits per heavy atom. The number of ether oxygens (including phenoxy) is 1. The maximum Gasteiger partial charge on any atom is 0.340 e. The summed E-state index contributed by atoms with van der Waals surface area (Å²) in [7, 11) is 5.58. The number of nitrogen functional groups attached to an aromatic ring is 1. The number of carbonyl (C=O) groups excluding carboxylic acids is 1. The number of nitrogens with zero attached hydrogens (tertiary/aromatic N) is 2. The summed E-state index contributed by atoms with van der Waals surface area (Å²) in [5, 5.41) is 0. The van der Waals surface area contributed by atoms with Crippen LogP contribution in [0.15, 0.2) is 18.2 Å². The van der Waals surface area contributed by atoms with Crippen molar-refractivity contribution in [3.8, 4) is 0 Å². The summed E-state index contributed by atoms with van der Waals surface area (Å²) in [4.78, 5) is 16.6. The van der Waals surface area contributed by atoms with Crippen molar-refractivity contribution in [2.45, 2.75) is 25.4 Å². The fraction of sp³-hybridized carbons (Fsp3) is 0.562. The molecule has 1 fully saturated rings. The quantitative estimate of drug-likeness (QED) is 0.659. The largest absolute Gasteiger partial charge is 0.465 e. The number of benzene rings is 1. The summed E-state index contributed by atoms with van der Waals surface area (Å²) in [6, 6.07) is 6.14. The lowest BCUT2D eigenvalue weighted by Crippen LogP contribution is -2.37. The Labute approximate surface area is 126 Å². The number of methoxy groups -OCH3 is 1. The smallest absolute Gasteiger partial charge is 0.340 e. The highest BCUT2D eigenvalue weighted by Crippen LogP contribution is 2.25. The first-order valence-electron chi connectivity index (χ1n) is 7.37. The summed E-state index contributed by atoms with van der Waals surface area (Å²) in [6.07, 6.45) is 2.41. The predicted molar refractivity (Wildman–Crippen MR) is 84.2 cm³/mol. The molecule has 1 aromatic carbocycles. The van der Waals surface area contributed by atoms with Crippen LogP contribution in [0, 0.1) is 0 Å². The fourth-order valence-electron chi connectivity index (χ4n) is 3.05. The molecule has 1 unspecified atom stereocenters. The Kier molecular flexibility index (Phi) is 5.20. The van der Waals surface area contributed by atoms with E-state index in [2.05, 4.69) is 23.9 Å². The average molecular weight is 291 g/mol. The van der Waals surface area contributed by atoms with Crippen molar-refractivity contribution in [1.29, 1.82) is 0 Å². The molecule has 0 bridgehead atoms. The van der Waals surface area contributed by atoms with Crippen molar-refractivity contribution in [2.75, 3.05) is 40.0 Å². The highest BCUT2D eigenvalue weighted by Gasteiger charge is 2.26. The Morgan fingerprint density at radius 3 is 2.90 bits per heavy atom. The van der Waals surface area contributed by atoms with Crippen molar-refractivity contribution in [2.24, 2.45) is 0 Å². The minimum Gasteiger partial charge on any atom is -0.465 e. The van der Waals surface area contributed by atoms with E-state index in [0.717, 1.165) is 25.2 Å². The van der Waals surface area contributed by atoms with Gasteiger partial charge in [0.2, 0.25) is 0 Å². The standard InChI is InChI=1S/C16H25N3O2/c1-18(2)11-13-7-5-9-19(13)10-12-6-4-8-14(17)15(12)16(20)21-3/h4,6,8,13H,5,7,9-11,17H2,1-3H3. The Morgan fingerprint density at radius 1 is 1.48 bits per heavy atom. The van der Waals surface area contributed by atoms with Crippen LogP contribution in [0.4, 0.5) is 5.69 Å². The number of carbonyl (C=O) groups is 1. The zero-order chi connectivity index (χ0) is 15.4. The van der Waals surface area contributed by atoms with Gasteiger partial charge in [-0.15, -0.1) is 0 Å². The van der Waals surface area contributed by atoms with Crippen molar-refractivity contribution >= 4 is 11.7 Å². The number of anilines is 1. The van der Waals surface area contributed by atoms with Crippen LogP contribution in [-0.4, -0.2) is 56.1 Å². The normalized spacial score (nSPS) is 19.1. The Bertz CT molecular complexity index is 502. The molecule has 2 N–H and O–H groups in total. The first kappa shape index (κ1) is 15.8. The monoisotopic (exact) mass is 291 g/mol. The van der Waals surface area contributed by atoms with Crippen LogP contribution in [0.5, 0.6) is 0 Å². The molecule has 1 aromatic rings. The van der Waals surface area contributed by atoms with Crippen LogP contribution in [-0.2, 0) is 11.3 Å². The minimum absolute atomic E-state index is 0.355. The van der Waals surface area contributed by atoms with Crippen LogP contribution in [0.3, 0.4) is 0 Å². The maximum atomic E-state index is 12.0. The molecule has 0 spiro atoms. The van der Waals surface area contributed by atoms with Crippen molar-refractivity contribution in [3.63, 3.8) is 0 Å². The zero-order valence-corrected chi connectivity index (χ0v) is 13.1. The van der Waals surface area contributed by atoms with E-state index in [4.69, 9.17) is 10.5 Å². The van der Waals surface area contributed by atoms with Gasteiger partial charge in [0.1, 0.15) is 0 Å². The number of esters is 1. The van der Waals surface area contributed by atoms with E-state index >= 15 is 0 Å². The summed E-state index contributed by atoms with van der Waals surface area (Å²) < 4.78 is 4.87. The third-order valence-corrected chi connectivity index (χ3v) is 4.02. The molecule has 116 valence electrons. The number of likely N-dealkylation sites (tertiary alicyclic amines) is 1. The van der Waals surface area contributed by atoms with Crippen LogP contribution < -0.4 is 5.73 Å². The molecular formula is C16H25N3O2. The Hall–Kier alpha value is -1.59. The van der Waals surface area contributed by atoms with Gasteiger partial charge in [-0.25, -0.2) is 4.79 Å². The lowest BCUT2D eigenvalue weighted by molar-refractivity contribution is 0.0599. The van der Waals surface area contributed by atoms with Crippen molar-refractivity contribution < 1.29 is 9.53 Å². The van der Waals surface area contributed by atoms with Gasteiger partial charge in [-0.1, -0.05) is 12.1 Å². The molecule has 0 aliphatic carbocycles. The fourth-order valence-corrected chi connectivity index (χ4v) is 3.05. The molecule has 1 saturated heterocycles. The second-order valence-electron chi connectivity index (χ2n) is 5.90. The first-order valence-corrected chi connectivity index (χ1v) is 7.37. The van der Waals surface area contributed by atoms with Gasteiger partial charge in [-0.05, 0) is 45.1 Å². The van der Waals surface area contributed by atoms with Gasteiger partial charge in [-0.3, -0.25) is 4.90 Å². The average Bonchev–Trinajstić information content (AvgIpc) is 2.84. The molecule has 0 saturated carbocycles. The van der Waals surface area contributed by atoms with Crippen LogP contribution >= 0.6 is 0 Å². The Balaban J connectivity index is 2.19. The van der Waals surface area contributed by atoms with Crippen molar-refractivity contribution in [1.82, 2.24) is 9.80 Å². The van der Waals surface area contributed by atoms with E-state index in [9.17, 15) is 4.79 Å². The van der Waals surface area contributed by atoms with Gasteiger partial charge in [0.15, 0.2) is 0 Å². The molecule has 21 heavy (non-hydrogen) atoms. The topological polar surface area (TPSA) is 58.8 Å². The van der Waals surface area contributed by atoms with Gasteiger partial charge < -0.3 is 15.4 Å². The molecule has 1 aliphatic heterocycles. The first-order chi connectivity index (χ1) is 10.0. The highest BCUT2D eigenvalue weighted by atomic mass is 16.5. The zero-order valence-electron chi connectivity index (χ0n) is 13.1. The molecule has 5 nitrogen and oxygen atoms in total. The summed E-state index contributed by atoms with van der Waals surface area (Å²) in [5.41, 5.74) is 7.91. The minimum atomic E-state index is -0.355. The van der Waals surface area contributed by atoms with E-state index in [1.807, 2.05) is 12.1 Å². The predicted octanol–water partition coefficient (Wildman–Crippen LogP) is 1.58. The van der Waals surface area contributed by atoms with E-state index in [-0.39, 0.29) is 5.97 Å². The lowest BCUT2D eigenvalue weighted by atomic mass is 10.0. The van der Waals surface area contributed by atoms with Crippen LogP contribution in [0.25, 0.3) is 0 Å². The van der Waals surface area contributed by atoms with Crippen LogP contribution in [0.1, 0.15) is 28.8 Å². The summed E-state index contributed by atoms with van der Waals surface area (Å²) >= 11 is 0. The number of hydrogen-bond acceptors (Lipinski definition) is 5. The number of rotatable bonds is 5. The molecule has 1 atom stereocenters. The van der Waals surface area contributed by atoms with E-state index in [0.29, 0.717) is 17.3 Å². The number of likely N-dealkylation sites (N-methyl/N-ethyl adjacent to an activating group) is 1. The van der Waals surface area contributed by atoms with Gasteiger partial charge in [0, 0.05) is 24.8 Å². The maximum absolute atomic E-state index is 12.0. The molecule has 1 aliphatic rings. The second-order valence-corrected chi connectivity index (χ2v) is 5.90. The number of nitrogens with two attached hydrogens (primary N) is 1. The van der Waals surface area contributed by atoms with E-state index in [1.54, 1.807) is 6.07 Å². The van der Waals surface area contributed by atoms with Gasteiger partial charge >= 0.3 is 5.97 Å². The molecule has 0 amide bonds. The van der Waals surface area contributed by atoms with Crippen LogP contribution in [0.2, 0.25) is 0 Å². The SMILES string of the molecule is COC(=O)c1c(N)cccc1CN1CCCC1CN(C)C. The van der Waals surface area contributed by atoms with Gasteiger partial charge in [0.05, 0.1) is 12.7 Å². The molecule has 2 rings (SSSR count). The third-order valence-electron chi connectivity index (χ3n) is 4.02. The number of hydrogen-bond donors (Lipinski definition) is 1. The summed E-state index contributed by atoms with van der Waals surface area (Å²) in [5.74, 6) is -0.355. The molecule has 0 radical (unpaired) electrons. The highest BCUT2D eigenvalue weighted by molar-refractivity contribution is 5.96. The molecule has 0 aromatic heterocycles. The van der Waals surface area contributed by atoms with Crippen molar-refractivity contribution in [3.05, 3.63) is 29.3 Å². The van der Waals surface area contributed by atoms with E-state index in [1.165, 1.54) is 20.0 Å². The second kappa shape index (κ2) is 6.91.